The average molecular weight is 359 g/mol. The van der Waals surface area contributed by atoms with Crippen LogP contribution in [0.2, 0.25) is 0 Å². The van der Waals surface area contributed by atoms with E-state index in [1.807, 2.05) is 0 Å². The van der Waals surface area contributed by atoms with Crippen molar-refractivity contribution >= 4 is 38.8 Å². The third-order valence-corrected chi connectivity index (χ3v) is 7.22. The number of aromatic nitrogens is 1. The van der Waals surface area contributed by atoms with Crippen LogP contribution in [-0.4, -0.2) is 27.0 Å². The lowest BCUT2D eigenvalue weighted by Gasteiger charge is -2.43. The van der Waals surface area contributed by atoms with Crippen LogP contribution in [0.4, 0.5) is 0 Å². The van der Waals surface area contributed by atoms with Crippen LogP contribution in [0, 0.1) is 0 Å². The topological polar surface area (TPSA) is 16.1 Å². The molecule has 0 spiro atoms. The second-order valence-electron chi connectivity index (χ2n) is 7.28. The van der Waals surface area contributed by atoms with Crippen molar-refractivity contribution in [3.8, 4) is 0 Å². The molecule has 0 atom stereocenters. The normalized spacial score (nSPS) is 20.3. The molecule has 0 radical (unpaired) electrons. The summed E-state index contributed by atoms with van der Waals surface area (Å²) >= 11 is 7.79. The molecule has 2 saturated carbocycles. The van der Waals surface area contributed by atoms with E-state index in [9.17, 15) is 0 Å². The third-order valence-electron chi connectivity index (χ3n) is 5.65. The molecule has 1 aromatic carbocycles. The summed E-state index contributed by atoms with van der Waals surface area (Å²) in [5.41, 5.74) is 1.09. The van der Waals surface area contributed by atoms with Gasteiger partial charge in [-0.25, -0.2) is 4.98 Å². The summed E-state index contributed by atoms with van der Waals surface area (Å²) < 4.78 is 1.25. The molecule has 0 saturated heterocycles. The number of thiocarbonyl (C=S) groups is 1. The molecular formula is C20H26N2S2. The van der Waals surface area contributed by atoms with Gasteiger partial charge in [0, 0.05) is 12.1 Å². The molecule has 2 aromatic rings. The minimum Gasteiger partial charge on any atom is -0.354 e. The van der Waals surface area contributed by atoms with Crippen molar-refractivity contribution in [1.29, 1.82) is 0 Å². The summed E-state index contributed by atoms with van der Waals surface area (Å²) in [6, 6.07) is 9.69. The zero-order valence-corrected chi connectivity index (χ0v) is 15.9. The fourth-order valence-corrected chi connectivity index (χ4v) is 5.80. The van der Waals surface area contributed by atoms with Gasteiger partial charge in [-0.1, -0.05) is 62.9 Å². The molecule has 1 heterocycles. The van der Waals surface area contributed by atoms with Gasteiger partial charge in [0.15, 0.2) is 5.01 Å². The Hall–Kier alpha value is -1.00. The number of fused-ring (bicyclic) bond motifs is 1. The minimum atomic E-state index is 0.640. The van der Waals surface area contributed by atoms with Crippen molar-refractivity contribution in [2.24, 2.45) is 0 Å². The van der Waals surface area contributed by atoms with Gasteiger partial charge < -0.3 is 4.90 Å². The number of hydrogen-bond donors (Lipinski definition) is 0. The van der Waals surface area contributed by atoms with E-state index in [4.69, 9.17) is 17.2 Å². The van der Waals surface area contributed by atoms with E-state index in [0.29, 0.717) is 12.1 Å². The smallest absolute Gasteiger partial charge is 0.152 e. The number of thiazole rings is 1. The van der Waals surface area contributed by atoms with E-state index in [-0.39, 0.29) is 0 Å². The Bertz CT molecular complexity index is 645. The van der Waals surface area contributed by atoms with E-state index in [0.717, 1.165) is 15.5 Å². The second-order valence-corrected chi connectivity index (χ2v) is 8.70. The van der Waals surface area contributed by atoms with Crippen LogP contribution in [0.25, 0.3) is 10.2 Å². The quantitative estimate of drug-likeness (QED) is 0.632. The maximum absolute atomic E-state index is 6.02. The van der Waals surface area contributed by atoms with Gasteiger partial charge in [0.25, 0.3) is 0 Å². The maximum Gasteiger partial charge on any atom is 0.152 e. The summed E-state index contributed by atoms with van der Waals surface area (Å²) in [5, 5.41) is 1.06. The molecule has 0 N–H and O–H groups in total. The highest BCUT2D eigenvalue weighted by atomic mass is 32.1. The lowest BCUT2D eigenvalue weighted by molar-refractivity contribution is 0.161. The molecule has 2 aliphatic rings. The predicted molar refractivity (Wildman–Crippen MR) is 107 cm³/mol. The Morgan fingerprint density at radius 1 is 0.917 bits per heavy atom. The SMILES string of the molecule is S=C(c1nc2ccccc2s1)N(C1CCCCC1)C1CCCCC1. The van der Waals surface area contributed by atoms with Gasteiger partial charge >= 0.3 is 0 Å². The van der Waals surface area contributed by atoms with Crippen molar-refractivity contribution in [3.63, 3.8) is 0 Å². The van der Waals surface area contributed by atoms with Crippen molar-refractivity contribution in [1.82, 2.24) is 9.88 Å². The first kappa shape index (κ1) is 16.5. The number of nitrogens with zero attached hydrogens (tertiary/aromatic N) is 2. The molecular weight excluding hydrogens is 332 g/mol. The van der Waals surface area contributed by atoms with Crippen LogP contribution in [0.3, 0.4) is 0 Å². The molecule has 2 nitrogen and oxygen atoms in total. The monoisotopic (exact) mass is 358 g/mol. The number of para-hydroxylation sites is 1. The van der Waals surface area contributed by atoms with Crippen molar-refractivity contribution < 1.29 is 0 Å². The van der Waals surface area contributed by atoms with Crippen LogP contribution in [0.5, 0.6) is 0 Å². The summed E-state index contributed by atoms with van der Waals surface area (Å²) in [6.45, 7) is 0. The zero-order chi connectivity index (χ0) is 16.4. The van der Waals surface area contributed by atoms with E-state index in [2.05, 4.69) is 29.2 Å². The first-order valence-electron chi connectivity index (χ1n) is 9.51. The van der Waals surface area contributed by atoms with E-state index in [1.54, 1.807) is 11.3 Å². The van der Waals surface area contributed by atoms with E-state index in [1.165, 1.54) is 68.9 Å². The largest absolute Gasteiger partial charge is 0.354 e. The van der Waals surface area contributed by atoms with Crippen LogP contribution >= 0.6 is 23.6 Å². The lowest BCUT2D eigenvalue weighted by Crippen LogP contribution is -2.48. The first-order valence-corrected chi connectivity index (χ1v) is 10.7. The molecule has 1 aromatic heterocycles. The summed E-state index contributed by atoms with van der Waals surface area (Å²) in [4.78, 5) is 8.51. The highest BCUT2D eigenvalue weighted by molar-refractivity contribution is 7.81. The number of rotatable bonds is 3. The molecule has 0 unspecified atom stereocenters. The average Bonchev–Trinajstić information content (AvgIpc) is 3.08. The van der Waals surface area contributed by atoms with Gasteiger partial charge in [-0.15, -0.1) is 11.3 Å². The first-order chi connectivity index (χ1) is 11.8. The van der Waals surface area contributed by atoms with E-state index >= 15 is 0 Å². The standard InChI is InChI=1S/C20H26N2S2/c23-20(19-21-17-13-7-8-14-18(17)24-19)22(15-9-3-1-4-10-15)16-11-5-2-6-12-16/h7-8,13-16H,1-6,9-12H2. The Morgan fingerprint density at radius 3 is 2.08 bits per heavy atom. The molecule has 2 fully saturated rings. The zero-order valence-electron chi connectivity index (χ0n) is 14.2. The van der Waals surface area contributed by atoms with Gasteiger partial charge in [0.1, 0.15) is 4.99 Å². The summed E-state index contributed by atoms with van der Waals surface area (Å²) in [6.07, 6.45) is 13.4. The number of benzene rings is 1. The van der Waals surface area contributed by atoms with Crippen LogP contribution in [0.15, 0.2) is 24.3 Å². The molecule has 4 rings (SSSR count). The van der Waals surface area contributed by atoms with Crippen molar-refractivity contribution in [2.45, 2.75) is 76.3 Å². The summed E-state index contributed by atoms with van der Waals surface area (Å²) in [7, 11) is 0. The maximum atomic E-state index is 6.02. The molecule has 0 amide bonds. The second kappa shape index (κ2) is 7.49. The van der Waals surface area contributed by atoms with Crippen LogP contribution < -0.4 is 0 Å². The molecule has 0 bridgehead atoms. The fourth-order valence-electron chi connectivity index (χ4n) is 4.42. The van der Waals surface area contributed by atoms with Gasteiger partial charge in [-0.3, -0.25) is 0 Å². The van der Waals surface area contributed by atoms with Crippen molar-refractivity contribution in [3.05, 3.63) is 29.3 Å². The fraction of sp³-hybridized carbons (Fsp3) is 0.600. The molecule has 0 aliphatic heterocycles. The predicted octanol–water partition coefficient (Wildman–Crippen LogP) is 5.94. The molecule has 2 aliphatic carbocycles. The minimum absolute atomic E-state index is 0.640. The Labute approximate surface area is 154 Å². The molecule has 24 heavy (non-hydrogen) atoms. The third kappa shape index (κ3) is 3.36. The highest BCUT2D eigenvalue weighted by Gasteiger charge is 2.32. The van der Waals surface area contributed by atoms with Crippen molar-refractivity contribution in [2.75, 3.05) is 0 Å². The highest BCUT2D eigenvalue weighted by Crippen LogP contribution is 2.33. The van der Waals surface area contributed by atoms with Gasteiger partial charge in [-0.2, -0.15) is 0 Å². The lowest BCUT2D eigenvalue weighted by atomic mass is 9.88. The van der Waals surface area contributed by atoms with Crippen LogP contribution in [0.1, 0.15) is 69.2 Å². The number of hydrogen-bond acceptors (Lipinski definition) is 3. The Kier molecular flexibility index (Phi) is 5.14. The van der Waals surface area contributed by atoms with E-state index < -0.39 is 0 Å². The van der Waals surface area contributed by atoms with Gasteiger partial charge in [0.2, 0.25) is 0 Å². The summed E-state index contributed by atoms with van der Waals surface area (Å²) in [5.74, 6) is 0. The molecule has 128 valence electrons. The van der Waals surface area contributed by atoms with Crippen LogP contribution in [-0.2, 0) is 0 Å². The van der Waals surface area contributed by atoms with Gasteiger partial charge in [0.05, 0.1) is 10.2 Å². The van der Waals surface area contributed by atoms with Gasteiger partial charge in [-0.05, 0) is 37.8 Å². The molecule has 4 heteroatoms. The Balaban J connectivity index is 1.64. The Morgan fingerprint density at radius 2 is 1.50 bits per heavy atom.